The van der Waals surface area contributed by atoms with Gasteiger partial charge in [-0.2, -0.15) is 0 Å². The first-order valence-electron chi connectivity index (χ1n) is 13.7. The summed E-state index contributed by atoms with van der Waals surface area (Å²) in [5.41, 5.74) is -1.46. The van der Waals surface area contributed by atoms with E-state index in [-0.39, 0.29) is 46.4 Å². The number of carbonyl (C=O) groups excluding carboxylic acids is 1. The van der Waals surface area contributed by atoms with E-state index in [9.17, 15) is 30.0 Å². The summed E-state index contributed by atoms with van der Waals surface area (Å²) in [6.07, 6.45) is 6.50. The van der Waals surface area contributed by atoms with E-state index in [0.717, 1.165) is 38.5 Å². The van der Waals surface area contributed by atoms with Crippen molar-refractivity contribution in [1.29, 1.82) is 0 Å². The minimum Gasteiger partial charge on any atom is -0.481 e. The summed E-state index contributed by atoms with van der Waals surface area (Å²) < 4.78 is 0. The zero-order chi connectivity index (χ0) is 25.8. The Balaban J connectivity index is 1.58. The number of allylic oxidation sites excluding steroid dienone is 2. The number of fused-ring (bicyclic) bond motifs is 7. The largest absolute Gasteiger partial charge is 0.481 e. The van der Waals surface area contributed by atoms with Gasteiger partial charge in [0.2, 0.25) is 0 Å². The lowest BCUT2D eigenvalue weighted by molar-refractivity contribution is -0.205. The summed E-state index contributed by atoms with van der Waals surface area (Å²) in [7, 11) is 0. The van der Waals surface area contributed by atoms with E-state index in [0.29, 0.717) is 12.8 Å². The van der Waals surface area contributed by atoms with Gasteiger partial charge in [-0.25, -0.2) is 0 Å². The number of carboxylic acid groups (broad SMARTS) is 1. The van der Waals surface area contributed by atoms with Crippen LogP contribution in [0.2, 0.25) is 0 Å². The first-order chi connectivity index (χ1) is 16.2. The van der Waals surface area contributed by atoms with E-state index < -0.39 is 34.9 Å². The molecular formula is C29H44O6. The van der Waals surface area contributed by atoms with Gasteiger partial charge in [0.1, 0.15) is 0 Å². The molecule has 4 fully saturated rings. The fourth-order valence-corrected chi connectivity index (χ4v) is 10.7. The van der Waals surface area contributed by atoms with Crippen LogP contribution >= 0.6 is 0 Å². The molecule has 5 aliphatic rings. The van der Waals surface area contributed by atoms with Gasteiger partial charge in [0.05, 0.1) is 24.2 Å². The van der Waals surface area contributed by atoms with Crippen molar-refractivity contribution in [3.63, 3.8) is 0 Å². The third-order valence-electron chi connectivity index (χ3n) is 12.7. The molecule has 0 aromatic heterocycles. The Morgan fingerprint density at radius 3 is 2.14 bits per heavy atom. The second-order valence-electron chi connectivity index (χ2n) is 14.0. The molecule has 0 aromatic rings. The van der Waals surface area contributed by atoms with Gasteiger partial charge in [0.15, 0.2) is 5.78 Å². The number of ketones is 1. The Hall–Kier alpha value is -1.24. The zero-order valence-electron chi connectivity index (χ0n) is 22.0. The molecule has 6 nitrogen and oxygen atoms in total. The molecule has 5 aliphatic carbocycles. The van der Waals surface area contributed by atoms with Crippen LogP contribution in [0.25, 0.3) is 0 Å². The molecule has 0 heterocycles. The third-order valence-corrected chi connectivity index (χ3v) is 12.7. The van der Waals surface area contributed by atoms with Gasteiger partial charge in [-0.1, -0.05) is 33.3 Å². The van der Waals surface area contributed by atoms with Crippen molar-refractivity contribution in [2.75, 3.05) is 6.61 Å². The first kappa shape index (κ1) is 25.4. The molecule has 35 heavy (non-hydrogen) atoms. The maximum atomic E-state index is 13.8. The molecule has 0 spiro atoms. The zero-order valence-corrected chi connectivity index (χ0v) is 22.0. The highest BCUT2D eigenvalue weighted by atomic mass is 16.4. The van der Waals surface area contributed by atoms with Crippen LogP contribution in [0, 0.1) is 50.7 Å². The molecule has 11 atom stereocenters. The molecular weight excluding hydrogens is 444 g/mol. The van der Waals surface area contributed by atoms with Crippen LogP contribution in [0.1, 0.15) is 86.0 Å². The van der Waals surface area contributed by atoms with Crippen LogP contribution in [0.4, 0.5) is 0 Å². The van der Waals surface area contributed by atoms with Gasteiger partial charge in [-0.15, -0.1) is 0 Å². The topological polar surface area (TPSA) is 115 Å². The van der Waals surface area contributed by atoms with Gasteiger partial charge in [-0.3, -0.25) is 9.59 Å². The monoisotopic (exact) mass is 488 g/mol. The highest BCUT2D eigenvalue weighted by Crippen LogP contribution is 2.72. The summed E-state index contributed by atoms with van der Waals surface area (Å²) in [5, 5.41) is 42.1. The number of rotatable bonds is 2. The lowest BCUT2D eigenvalue weighted by Crippen LogP contribution is -2.65. The minimum absolute atomic E-state index is 0.0395. The van der Waals surface area contributed by atoms with Gasteiger partial charge in [0, 0.05) is 11.3 Å². The van der Waals surface area contributed by atoms with Crippen LogP contribution in [0.3, 0.4) is 0 Å². The average Bonchev–Trinajstić information content (AvgIpc) is 2.79. The smallest absolute Gasteiger partial charge is 0.312 e. The standard InChI is InChI=1S/C29H44O6/c1-25-11-8-20-27(3,13-10-22(33)29(20,5)24(34)35)19(25)7-6-16-17(25)14-18(31)23-26(16,2)12-9-21(32)28(23,4)15-30/h14,16,19-23,30,32-33H,6-13,15H2,1-5H3,(H,34,35)/t16-,19-,20+,21+,22-,23+,25-,26+,27+,28-,29+/m0/s1. The summed E-state index contributed by atoms with van der Waals surface area (Å²) >= 11 is 0. The predicted molar refractivity (Wildman–Crippen MR) is 131 cm³/mol. The molecule has 0 bridgehead atoms. The lowest BCUT2D eigenvalue weighted by Gasteiger charge is -2.68. The molecule has 0 amide bonds. The van der Waals surface area contributed by atoms with Gasteiger partial charge >= 0.3 is 5.97 Å². The predicted octanol–water partition coefficient (Wildman–Crippen LogP) is 3.97. The second-order valence-corrected chi connectivity index (χ2v) is 14.0. The van der Waals surface area contributed by atoms with Crippen molar-refractivity contribution >= 4 is 11.8 Å². The SMILES string of the molecule is C[C@]12CC[C@H](O)[C@](C)(C(=O)O)[C@@H]1CC[C@@]1(C)C3=CC(=O)[C@@H]4[C@](C)(CC[C@@H](O)[C@]4(C)CO)[C@H]3CC[C@H]21. The number of hydrogen-bond acceptors (Lipinski definition) is 5. The van der Waals surface area contributed by atoms with Crippen LogP contribution in [-0.4, -0.2) is 51.0 Å². The fourth-order valence-electron chi connectivity index (χ4n) is 10.7. The normalized spacial score (nSPS) is 55.7. The Kier molecular flexibility index (Phi) is 5.55. The van der Waals surface area contributed by atoms with Gasteiger partial charge in [0.25, 0.3) is 0 Å². The highest BCUT2D eigenvalue weighted by Gasteiger charge is 2.69. The quantitative estimate of drug-likeness (QED) is 0.468. The number of aliphatic hydroxyl groups is 3. The minimum atomic E-state index is -1.15. The molecule has 0 aliphatic heterocycles. The highest BCUT2D eigenvalue weighted by molar-refractivity contribution is 5.95. The van der Waals surface area contributed by atoms with Crippen LogP contribution in [-0.2, 0) is 9.59 Å². The molecule has 4 saturated carbocycles. The summed E-state index contributed by atoms with van der Waals surface area (Å²) in [4.78, 5) is 26.3. The molecule has 6 heteroatoms. The maximum absolute atomic E-state index is 13.8. The number of aliphatic hydroxyl groups excluding tert-OH is 3. The Morgan fingerprint density at radius 1 is 0.886 bits per heavy atom. The second kappa shape index (κ2) is 7.64. The maximum Gasteiger partial charge on any atom is 0.312 e. The van der Waals surface area contributed by atoms with Crippen molar-refractivity contribution in [2.24, 2.45) is 50.7 Å². The van der Waals surface area contributed by atoms with Crippen molar-refractivity contribution in [1.82, 2.24) is 0 Å². The van der Waals surface area contributed by atoms with Crippen LogP contribution < -0.4 is 0 Å². The third kappa shape index (κ3) is 2.94. The van der Waals surface area contributed by atoms with E-state index in [1.807, 2.05) is 13.0 Å². The summed E-state index contributed by atoms with van der Waals surface area (Å²) in [6.45, 7) is 10.2. The van der Waals surface area contributed by atoms with E-state index in [2.05, 4.69) is 20.8 Å². The van der Waals surface area contributed by atoms with Crippen molar-refractivity contribution < 1.29 is 30.0 Å². The molecule has 0 radical (unpaired) electrons. The van der Waals surface area contributed by atoms with E-state index in [1.54, 1.807) is 6.92 Å². The number of carbonyl (C=O) groups is 2. The Labute approximate surface area is 209 Å². The molecule has 0 unspecified atom stereocenters. The number of hydrogen-bond donors (Lipinski definition) is 4. The number of aliphatic carboxylic acids is 1. The Morgan fingerprint density at radius 2 is 1.51 bits per heavy atom. The van der Waals surface area contributed by atoms with Crippen LogP contribution in [0.5, 0.6) is 0 Å². The molecule has 196 valence electrons. The van der Waals surface area contributed by atoms with Crippen molar-refractivity contribution in [2.45, 2.75) is 98.2 Å². The van der Waals surface area contributed by atoms with E-state index in [4.69, 9.17) is 0 Å². The fraction of sp³-hybridized carbons (Fsp3) is 0.862. The molecule has 0 saturated heterocycles. The van der Waals surface area contributed by atoms with Crippen molar-refractivity contribution in [3.8, 4) is 0 Å². The first-order valence-corrected chi connectivity index (χ1v) is 13.7. The number of carboxylic acids is 1. The van der Waals surface area contributed by atoms with E-state index >= 15 is 0 Å². The molecule has 4 N–H and O–H groups in total. The summed E-state index contributed by atoms with van der Waals surface area (Å²) in [5.74, 6) is -0.873. The van der Waals surface area contributed by atoms with Gasteiger partial charge in [-0.05, 0) is 98.4 Å². The average molecular weight is 489 g/mol. The summed E-state index contributed by atoms with van der Waals surface area (Å²) in [6, 6.07) is 0. The lowest BCUT2D eigenvalue weighted by atomic mass is 9.36. The molecule has 0 aromatic carbocycles. The Bertz CT molecular complexity index is 974. The van der Waals surface area contributed by atoms with E-state index in [1.165, 1.54) is 5.57 Å². The van der Waals surface area contributed by atoms with Crippen LogP contribution in [0.15, 0.2) is 11.6 Å². The molecule has 5 rings (SSSR count). The van der Waals surface area contributed by atoms with Gasteiger partial charge < -0.3 is 20.4 Å². The van der Waals surface area contributed by atoms with Crippen molar-refractivity contribution in [3.05, 3.63) is 11.6 Å².